The van der Waals surface area contributed by atoms with Gasteiger partial charge in [-0.15, -0.1) is 0 Å². The van der Waals surface area contributed by atoms with Crippen LogP contribution in [0.15, 0.2) is 36.4 Å². The van der Waals surface area contributed by atoms with Gasteiger partial charge in [-0.1, -0.05) is 23.2 Å². The highest BCUT2D eigenvalue weighted by molar-refractivity contribution is 7.80. The Hall–Kier alpha value is -1.69. The predicted molar refractivity (Wildman–Crippen MR) is 95.9 cm³/mol. The maximum absolute atomic E-state index is 6.08. The fourth-order valence-corrected chi connectivity index (χ4v) is 2.46. The molecular weight excluding hydrogens is 343 g/mol. The first kappa shape index (κ1) is 16.7. The van der Waals surface area contributed by atoms with Crippen LogP contribution in [0.2, 0.25) is 10.0 Å². The van der Waals surface area contributed by atoms with E-state index in [9.17, 15) is 0 Å². The largest absolute Gasteiger partial charge is 0.495 e. The highest BCUT2D eigenvalue weighted by Gasteiger charge is 2.07. The van der Waals surface area contributed by atoms with E-state index in [1.807, 2.05) is 6.07 Å². The summed E-state index contributed by atoms with van der Waals surface area (Å²) in [6.07, 6.45) is 0. The van der Waals surface area contributed by atoms with E-state index in [0.29, 0.717) is 32.3 Å². The van der Waals surface area contributed by atoms with Crippen molar-refractivity contribution in [3.05, 3.63) is 46.4 Å². The smallest absolute Gasteiger partial charge is 0.175 e. The summed E-state index contributed by atoms with van der Waals surface area (Å²) in [5.41, 5.74) is 1.41. The second-order valence-electron chi connectivity index (χ2n) is 4.27. The number of anilines is 2. The molecule has 7 heteroatoms. The zero-order valence-electron chi connectivity index (χ0n) is 11.9. The molecule has 4 nitrogen and oxygen atoms in total. The van der Waals surface area contributed by atoms with Crippen LogP contribution in [0.1, 0.15) is 0 Å². The van der Waals surface area contributed by atoms with Gasteiger partial charge in [0.15, 0.2) is 5.11 Å². The van der Waals surface area contributed by atoms with Crippen LogP contribution in [0, 0.1) is 0 Å². The van der Waals surface area contributed by atoms with Crippen molar-refractivity contribution in [2.45, 2.75) is 0 Å². The Labute approximate surface area is 144 Å². The molecule has 2 rings (SSSR count). The Balaban J connectivity index is 2.10. The van der Waals surface area contributed by atoms with Crippen LogP contribution >= 0.6 is 35.4 Å². The van der Waals surface area contributed by atoms with Gasteiger partial charge in [0.1, 0.15) is 11.5 Å². The fourth-order valence-electron chi connectivity index (χ4n) is 1.81. The van der Waals surface area contributed by atoms with E-state index in [2.05, 4.69) is 10.6 Å². The van der Waals surface area contributed by atoms with Gasteiger partial charge in [-0.25, -0.2) is 0 Å². The van der Waals surface area contributed by atoms with Crippen LogP contribution in [0.25, 0.3) is 0 Å². The third kappa shape index (κ3) is 4.16. The average Bonchev–Trinajstić information content (AvgIpc) is 2.47. The molecule has 0 aliphatic rings. The standard InChI is InChI=1S/C15H14Cl2N2O2S/c1-20-13-6-4-10(8-11(13)17)18-15(22)19-12-7-9(16)3-5-14(12)21-2/h3-8H,1-2H3,(H2,18,19,22). The Morgan fingerprint density at radius 1 is 0.955 bits per heavy atom. The van der Waals surface area contributed by atoms with Gasteiger partial charge < -0.3 is 20.1 Å². The molecule has 0 atom stereocenters. The summed E-state index contributed by atoms with van der Waals surface area (Å²) >= 11 is 17.3. The summed E-state index contributed by atoms with van der Waals surface area (Å²) in [6.45, 7) is 0. The third-order valence-corrected chi connectivity index (χ3v) is 3.55. The van der Waals surface area contributed by atoms with Gasteiger partial charge >= 0.3 is 0 Å². The van der Waals surface area contributed by atoms with Gasteiger partial charge in [-0.05, 0) is 48.6 Å². The Kier molecular flexibility index (Phi) is 5.71. The van der Waals surface area contributed by atoms with Crippen molar-refractivity contribution in [1.29, 1.82) is 0 Å². The highest BCUT2D eigenvalue weighted by atomic mass is 35.5. The quantitative estimate of drug-likeness (QED) is 0.768. The molecule has 0 aliphatic carbocycles. The van der Waals surface area contributed by atoms with E-state index in [-0.39, 0.29) is 0 Å². The van der Waals surface area contributed by atoms with E-state index < -0.39 is 0 Å². The summed E-state index contributed by atoms with van der Waals surface area (Å²) in [4.78, 5) is 0. The first-order valence-electron chi connectivity index (χ1n) is 6.28. The number of ether oxygens (including phenoxy) is 2. The van der Waals surface area contributed by atoms with E-state index in [4.69, 9.17) is 44.9 Å². The molecule has 0 aromatic heterocycles. The van der Waals surface area contributed by atoms with Crippen LogP contribution in [0.4, 0.5) is 11.4 Å². The van der Waals surface area contributed by atoms with E-state index in [1.165, 1.54) is 0 Å². The summed E-state index contributed by atoms with van der Waals surface area (Å²) in [6, 6.07) is 10.5. The van der Waals surface area contributed by atoms with Crippen LogP contribution in [-0.2, 0) is 0 Å². The second kappa shape index (κ2) is 7.54. The fraction of sp³-hybridized carbons (Fsp3) is 0.133. The number of thiocarbonyl (C=S) groups is 1. The van der Waals surface area contributed by atoms with E-state index in [0.717, 1.165) is 5.69 Å². The number of hydrogen-bond donors (Lipinski definition) is 2. The van der Waals surface area contributed by atoms with Gasteiger partial charge in [0, 0.05) is 10.7 Å². The number of hydrogen-bond acceptors (Lipinski definition) is 3. The molecule has 2 aromatic rings. The Morgan fingerprint density at radius 2 is 1.64 bits per heavy atom. The molecule has 0 aliphatic heterocycles. The normalized spacial score (nSPS) is 10.0. The van der Waals surface area contributed by atoms with Crippen LogP contribution < -0.4 is 20.1 Å². The minimum atomic E-state index is 0.391. The molecule has 0 saturated heterocycles. The maximum Gasteiger partial charge on any atom is 0.175 e. The molecule has 2 N–H and O–H groups in total. The van der Waals surface area contributed by atoms with Crippen molar-refractivity contribution in [2.75, 3.05) is 24.9 Å². The van der Waals surface area contributed by atoms with Crippen molar-refractivity contribution >= 4 is 51.9 Å². The summed E-state index contributed by atoms with van der Waals surface area (Å²) in [5.74, 6) is 1.24. The lowest BCUT2D eigenvalue weighted by Crippen LogP contribution is -2.19. The number of rotatable bonds is 4. The topological polar surface area (TPSA) is 42.5 Å². The van der Waals surface area contributed by atoms with Crippen molar-refractivity contribution in [1.82, 2.24) is 0 Å². The number of methoxy groups -OCH3 is 2. The summed E-state index contributed by atoms with van der Waals surface area (Å²) in [5, 5.41) is 7.54. The van der Waals surface area contributed by atoms with Gasteiger partial charge in [0.05, 0.1) is 24.9 Å². The summed E-state index contributed by atoms with van der Waals surface area (Å²) in [7, 11) is 3.14. The SMILES string of the molecule is COc1ccc(NC(=S)Nc2cc(Cl)ccc2OC)cc1Cl. The molecule has 116 valence electrons. The lowest BCUT2D eigenvalue weighted by Gasteiger charge is -2.14. The maximum atomic E-state index is 6.08. The predicted octanol–water partition coefficient (Wildman–Crippen LogP) is 4.82. The number of benzene rings is 2. The lowest BCUT2D eigenvalue weighted by molar-refractivity contribution is 0.415. The molecule has 0 amide bonds. The van der Waals surface area contributed by atoms with Gasteiger partial charge in [0.2, 0.25) is 0 Å². The third-order valence-electron chi connectivity index (χ3n) is 2.82. The van der Waals surface area contributed by atoms with Gasteiger partial charge in [0.25, 0.3) is 0 Å². The Morgan fingerprint density at radius 3 is 2.27 bits per heavy atom. The van der Waals surface area contributed by atoms with Crippen molar-refractivity contribution < 1.29 is 9.47 Å². The minimum absolute atomic E-state index is 0.391. The van der Waals surface area contributed by atoms with Crippen LogP contribution in [0.3, 0.4) is 0 Å². The van der Waals surface area contributed by atoms with Crippen LogP contribution in [-0.4, -0.2) is 19.3 Å². The summed E-state index contributed by atoms with van der Waals surface area (Å²) < 4.78 is 10.4. The molecule has 22 heavy (non-hydrogen) atoms. The number of halogens is 2. The molecule has 0 fully saturated rings. The van der Waals surface area contributed by atoms with Gasteiger partial charge in [-0.3, -0.25) is 0 Å². The second-order valence-corrected chi connectivity index (χ2v) is 5.52. The van der Waals surface area contributed by atoms with Gasteiger partial charge in [-0.2, -0.15) is 0 Å². The molecule has 0 spiro atoms. The van der Waals surface area contributed by atoms with Crippen molar-refractivity contribution in [2.24, 2.45) is 0 Å². The lowest BCUT2D eigenvalue weighted by atomic mass is 10.3. The van der Waals surface area contributed by atoms with E-state index in [1.54, 1.807) is 44.6 Å². The Bertz CT molecular complexity index is 695. The van der Waals surface area contributed by atoms with E-state index >= 15 is 0 Å². The molecule has 2 aromatic carbocycles. The molecule has 0 radical (unpaired) electrons. The zero-order valence-corrected chi connectivity index (χ0v) is 14.3. The molecule has 0 bridgehead atoms. The monoisotopic (exact) mass is 356 g/mol. The first-order valence-corrected chi connectivity index (χ1v) is 7.45. The zero-order chi connectivity index (χ0) is 16.1. The minimum Gasteiger partial charge on any atom is -0.495 e. The molecule has 0 unspecified atom stereocenters. The number of nitrogens with one attached hydrogen (secondary N) is 2. The molecular formula is C15H14Cl2N2O2S. The highest BCUT2D eigenvalue weighted by Crippen LogP contribution is 2.29. The van der Waals surface area contributed by atoms with Crippen molar-refractivity contribution in [3.63, 3.8) is 0 Å². The first-order chi connectivity index (χ1) is 10.5. The average molecular weight is 357 g/mol. The van der Waals surface area contributed by atoms with Crippen molar-refractivity contribution in [3.8, 4) is 11.5 Å². The molecule has 0 heterocycles. The molecule has 0 saturated carbocycles. The van der Waals surface area contributed by atoms with Crippen LogP contribution in [0.5, 0.6) is 11.5 Å².